The van der Waals surface area contributed by atoms with Crippen LogP contribution in [0.1, 0.15) is 5.56 Å². The molecule has 1 aromatic heterocycles. The van der Waals surface area contributed by atoms with Crippen LogP contribution in [0.15, 0.2) is 30.5 Å². The number of hydrogen-bond donors (Lipinski definition) is 1. The van der Waals surface area contributed by atoms with Crippen LogP contribution in [-0.2, 0) is 11.3 Å². The topological polar surface area (TPSA) is 65.5 Å². The first-order chi connectivity index (χ1) is 10.3. The molecule has 112 valence electrons. The predicted molar refractivity (Wildman–Crippen MR) is 80.6 cm³/mol. The normalized spacial score (nSPS) is 16.0. The van der Waals surface area contributed by atoms with E-state index < -0.39 is 0 Å². The van der Waals surface area contributed by atoms with Gasteiger partial charge in [-0.15, -0.1) is 0 Å². The minimum atomic E-state index is 0.658. The van der Waals surface area contributed by atoms with Gasteiger partial charge in [0.1, 0.15) is 17.3 Å². The Kier molecular flexibility index (Phi) is 4.08. The Balaban J connectivity index is 1.84. The summed E-state index contributed by atoms with van der Waals surface area (Å²) in [5.41, 5.74) is 8.15. The Morgan fingerprint density at radius 2 is 2.05 bits per heavy atom. The first kappa shape index (κ1) is 13.9. The van der Waals surface area contributed by atoms with Gasteiger partial charge < -0.3 is 15.2 Å². The maximum absolute atomic E-state index is 6.26. The Morgan fingerprint density at radius 3 is 2.81 bits per heavy atom. The summed E-state index contributed by atoms with van der Waals surface area (Å²) in [7, 11) is 1.65. The number of methoxy groups -OCH3 is 1. The monoisotopic (exact) mass is 288 g/mol. The number of nitrogens with two attached hydrogens (primary N) is 1. The van der Waals surface area contributed by atoms with Gasteiger partial charge in [0.25, 0.3) is 0 Å². The van der Waals surface area contributed by atoms with Crippen molar-refractivity contribution in [2.75, 3.05) is 39.1 Å². The maximum Gasteiger partial charge on any atom is 0.144 e. The fourth-order valence-electron chi connectivity index (χ4n) is 2.51. The molecule has 1 aliphatic heterocycles. The number of benzene rings is 1. The van der Waals surface area contributed by atoms with Crippen molar-refractivity contribution in [3.05, 3.63) is 36.0 Å². The van der Waals surface area contributed by atoms with Crippen molar-refractivity contribution in [1.29, 1.82) is 0 Å². The smallest absolute Gasteiger partial charge is 0.144 e. The van der Waals surface area contributed by atoms with Crippen LogP contribution in [0.3, 0.4) is 0 Å². The van der Waals surface area contributed by atoms with Crippen LogP contribution in [0.5, 0.6) is 5.75 Å². The van der Waals surface area contributed by atoms with E-state index in [1.54, 1.807) is 11.8 Å². The lowest BCUT2D eigenvalue weighted by Crippen LogP contribution is -2.35. The van der Waals surface area contributed by atoms with E-state index in [4.69, 9.17) is 15.2 Å². The van der Waals surface area contributed by atoms with E-state index in [1.807, 2.05) is 30.5 Å². The molecule has 2 aromatic rings. The second kappa shape index (κ2) is 6.15. The van der Waals surface area contributed by atoms with E-state index >= 15 is 0 Å². The number of para-hydroxylation sites is 2. The molecule has 0 amide bonds. The van der Waals surface area contributed by atoms with Crippen molar-refractivity contribution in [2.24, 2.45) is 0 Å². The lowest BCUT2D eigenvalue weighted by Gasteiger charge is -2.26. The summed E-state index contributed by atoms with van der Waals surface area (Å²) < 4.78 is 12.5. The molecule has 1 aliphatic rings. The summed E-state index contributed by atoms with van der Waals surface area (Å²) in [6.07, 6.45) is 1.83. The number of anilines is 1. The molecular formula is C15H20N4O2. The molecule has 0 bridgehead atoms. The van der Waals surface area contributed by atoms with Crippen molar-refractivity contribution in [1.82, 2.24) is 14.7 Å². The van der Waals surface area contributed by atoms with Gasteiger partial charge in [0.15, 0.2) is 0 Å². The molecule has 1 aromatic carbocycles. The number of ether oxygens (including phenoxy) is 2. The Morgan fingerprint density at radius 1 is 1.29 bits per heavy atom. The summed E-state index contributed by atoms with van der Waals surface area (Å²) in [4.78, 5) is 2.32. The minimum Gasteiger partial charge on any atom is -0.494 e. The third-order valence-corrected chi connectivity index (χ3v) is 3.70. The second-order valence-corrected chi connectivity index (χ2v) is 5.03. The van der Waals surface area contributed by atoms with Crippen LogP contribution in [-0.4, -0.2) is 48.1 Å². The quantitative estimate of drug-likeness (QED) is 0.918. The number of rotatable bonds is 4. The van der Waals surface area contributed by atoms with Gasteiger partial charge >= 0.3 is 0 Å². The van der Waals surface area contributed by atoms with Gasteiger partial charge in [-0.25, -0.2) is 4.68 Å². The molecule has 3 rings (SSSR count). The number of nitrogens with zero attached hydrogens (tertiary/aromatic N) is 3. The lowest BCUT2D eigenvalue weighted by molar-refractivity contribution is 0.0343. The molecule has 6 nitrogen and oxygen atoms in total. The van der Waals surface area contributed by atoms with E-state index in [0.717, 1.165) is 49.8 Å². The average molecular weight is 288 g/mol. The first-order valence-electron chi connectivity index (χ1n) is 7.05. The first-order valence-corrected chi connectivity index (χ1v) is 7.05. The molecule has 1 saturated heterocycles. The van der Waals surface area contributed by atoms with Crippen molar-refractivity contribution in [3.8, 4) is 11.4 Å². The lowest BCUT2D eigenvalue weighted by atomic mass is 10.2. The molecule has 0 saturated carbocycles. The van der Waals surface area contributed by atoms with Gasteiger partial charge in [-0.2, -0.15) is 5.10 Å². The molecule has 0 aliphatic carbocycles. The van der Waals surface area contributed by atoms with Gasteiger partial charge in [0.2, 0.25) is 0 Å². The van der Waals surface area contributed by atoms with Crippen molar-refractivity contribution in [2.45, 2.75) is 6.54 Å². The fourth-order valence-corrected chi connectivity index (χ4v) is 2.51. The molecule has 1 fully saturated rings. The molecular weight excluding hydrogens is 268 g/mol. The highest BCUT2D eigenvalue weighted by atomic mass is 16.5. The Labute approximate surface area is 124 Å². The van der Waals surface area contributed by atoms with Gasteiger partial charge in [-0.3, -0.25) is 4.90 Å². The largest absolute Gasteiger partial charge is 0.494 e. The highest BCUT2D eigenvalue weighted by Crippen LogP contribution is 2.26. The molecule has 0 spiro atoms. The van der Waals surface area contributed by atoms with Crippen LogP contribution in [0.25, 0.3) is 5.69 Å². The fraction of sp³-hybridized carbons (Fsp3) is 0.400. The van der Waals surface area contributed by atoms with Crippen molar-refractivity contribution >= 4 is 5.82 Å². The Bertz CT molecular complexity index is 605. The summed E-state index contributed by atoms with van der Waals surface area (Å²) in [6.45, 7) is 4.21. The highest BCUT2D eigenvalue weighted by Gasteiger charge is 2.16. The van der Waals surface area contributed by atoms with Gasteiger partial charge in [0, 0.05) is 25.2 Å². The SMILES string of the molecule is COc1ccccc1-n1ncc(CN2CCOCC2)c1N. The molecule has 0 unspecified atom stereocenters. The zero-order valence-corrected chi connectivity index (χ0v) is 12.2. The van der Waals surface area contributed by atoms with E-state index in [1.165, 1.54) is 0 Å². The summed E-state index contributed by atoms with van der Waals surface area (Å²) in [5, 5.41) is 4.41. The zero-order valence-electron chi connectivity index (χ0n) is 12.2. The van der Waals surface area contributed by atoms with E-state index in [9.17, 15) is 0 Å². The summed E-state index contributed by atoms with van der Waals surface area (Å²) >= 11 is 0. The Hall–Kier alpha value is -2.05. The molecule has 21 heavy (non-hydrogen) atoms. The summed E-state index contributed by atoms with van der Waals surface area (Å²) in [5.74, 6) is 1.41. The van der Waals surface area contributed by atoms with Crippen LogP contribution in [0.4, 0.5) is 5.82 Å². The standard InChI is InChI=1S/C15H20N4O2/c1-20-14-5-3-2-4-13(14)19-15(16)12(10-17-19)11-18-6-8-21-9-7-18/h2-5,10H,6-9,11,16H2,1H3. The van der Waals surface area contributed by atoms with E-state index in [2.05, 4.69) is 10.00 Å². The van der Waals surface area contributed by atoms with Crippen LogP contribution in [0.2, 0.25) is 0 Å². The molecule has 0 atom stereocenters. The zero-order chi connectivity index (χ0) is 14.7. The van der Waals surface area contributed by atoms with Gasteiger partial charge in [-0.1, -0.05) is 12.1 Å². The molecule has 6 heteroatoms. The van der Waals surface area contributed by atoms with E-state index in [0.29, 0.717) is 5.82 Å². The molecule has 2 heterocycles. The number of aromatic nitrogens is 2. The minimum absolute atomic E-state index is 0.658. The van der Waals surface area contributed by atoms with Crippen LogP contribution in [0, 0.1) is 0 Å². The van der Waals surface area contributed by atoms with E-state index in [-0.39, 0.29) is 0 Å². The predicted octanol–water partition coefficient (Wildman–Crippen LogP) is 1.30. The van der Waals surface area contributed by atoms with Crippen molar-refractivity contribution in [3.63, 3.8) is 0 Å². The number of hydrogen-bond acceptors (Lipinski definition) is 5. The third-order valence-electron chi connectivity index (χ3n) is 3.70. The van der Waals surface area contributed by atoms with Crippen LogP contribution < -0.4 is 10.5 Å². The average Bonchev–Trinajstić information content (AvgIpc) is 2.89. The number of morpholine rings is 1. The third kappa shape index (κ3) is 2.86. The highest BCUT2D eigenvalue weighted by molar-refractivity contribution is 5.53. The maximum atomic E-state index is 6.26. The van der Waals surface area contributed by atoms with Crippen molar-refractivity contribution < 1.29 is 9.47 Å². The number of nitrogen functional groups attached to an aromatic ring is 1. The van der Waals surface area contributed by atoms with Crippen LogP contribution >= 0.6 is 0 Å². The van der Waals surface area contributed by atoms with Gasteiger partial charge in [0.05, 0.1) is 26.5 Å². The summed E-state index contributed by atoms with van der Waals surface area (Å²) in [6, 6.07) is 7.72. The molecule has 2 N–H and O–H groups in total. The van der Waals surface area contributed by atoms with Gasteiger partial charge in [-0.05, 0) is 12.1 Å². The molecule has 0 radical (unpaired) electrons. The second-order valence-electron chi connectivity index (χ2n) is 5.03.